The second-order valence-electron chi connectivity index (χ2n) is 7.28. The van der Waals surface area contributed by atoms with Crippen molar-refractivity contribution in [3.63, 3.8) is 0 Å². The van der Waals surface area contributed by atoms with Gasteiger partial charge in [-0.1, -0.05) is 6.07 Å². The van der Waals surface area contributed by atoms with Crippen LogP contribution in [0, 0.1) is 0 Å². The van der Waals surface area contributed by atoms with E-state index in [9.17, 15) is 4.79 Å². The minimum absolute atomic E-state index is 0.0208. The minimum Gasteiger partial charge on any atom is -0.497 e. The Bertz CT molecular complexity index is 1060. The lowest BCUT2D eigenvalue weighted by molar-refractivity contribution is -0.136. The Labute approximate surface area is 178 Å². The number of nitrogens with two attached hydrogens (primary N) is 1. The van der Waals surface area contributed by atoms with Gasteiger partial charge in [0.25, 0.3) is 5.91 Å². The minimum atomic E-state index is -0.0576. The molecule has 1 aromatic carbocycles. The Hall–Kier alpha value is -3.14. The molecular formula is C20H24N6O3S. The summed E-state index contributed by atoms with van der Waals surface area (Å²) in [6.45, 7) is 5.23. The van der Waals surface area contributed by atoms with Gasteiger partial charge in [-0.2, -0.15) is 4.98 Å². The third-order valence-corrected chi connectivity index (χ3v) is 5.90. The molecule has 3 aromatic rings. The normalized spacial score (nSPS) is 19.2. The summed E-state index contributed by atoms with van der Waals surface area (Å²) in [7, 11) is 1.59. The number of carbonyl (C=O) groups is 1. The number of piperazine rings is 1. The Morgan fingerprint density at radius 2 is 2.03 bits per heavy atom. The molecule has 0 spiro atoms. The first-order chi connectivity index (χ1) is 14.5. The lowest BCUT2D eigenvalue weighted by atomic mass is 10.1. The number of amides is 1. The molecule has 30 heavy (non-hydrogen) atoms. The van der Waals surface area contributed by atoms with Gasteiger partial charge in [0.05, 0.1) is 12.6 Å². The van der Waals surface area contributed by atoms with Crippen LogP contribution in [0.25, 0.3) is 10.3 Å². The number of ether oxygens (including phenoxy) is 2. The van der Waals surface area contributed by atoms with E-state index in [1.807, 2.05) is 24.0 Å². The molecule has 1 aliphatic heterocycles. The first-order valence-electron chi connectivity index (χ1n) is 9.66. The summed E-state index contributed by atoms with van der Waals surface area (Å²) in [6.07, 6.45) is 0. The fraction of sp³-hybridized carbons (Fsp3) is 0.400. The molecule has 4 rings (SSSR count). The van der Waals surface area contributed by atoms with E-state index in [1.165, 1.54) is 11.3 Å². The van der Waals surface area contributed by atoms with E-state index in [0.29, 0.717) is 24.6 Å². The number of hydrogen-bond donors (Lipinski definition) is 1. The van der Waals surface area contributed by atoms with Gasteiger partial charge in [-0.3, -0.25) is 4.79 Å². The standard InChI is InChI=1S/C20H24N6O3S/c1-12-9-26(18-17-19(30-11-22-17)24-20(21)23-18)13(2)8-25(12)16(27)10-29-15-6-4-5-14(7-15)28-3/h4-7,11-13H,8-10H2,1-3H3,(H2,21,23,24)/t12-,13+/m1/s1. The third kappa shape index (κ3) is 3.95. The molecule has 2 aromatic heterocycles. The van der Waals surface area contributed by atoms with Gasteiger partial charge < -0.3 is 25.0 Å². The monoisotopic (exact) mass is 428 g/mol. The topological polar surface area (TPSA) is 107 Å². The van der Waals surface area contributed by atoms with Crippen LogP contribution < -0.4 is 20.1 Å². The SMILES string of the molecule is COc1cccc(OCC(=O)N2C[C@H](C)N(c3nc(N)nc4scnc34)C[C@H]2C)c1. The van der Waals surface area contributed by atoms with Crippen LogP contribution in [0.4, 0.5) is 11.8 Å². The molecule has 2 N–H and O–H groups in total. The van der Waals surface area contributed by atoms with Crippen molar-refractivity contribution < 1.29 is 14.3 Å². The second kappa shape index (κ2) is 8.31. The molecule has 1 saturated heterocycles. The molecule has 10 heteroatoms. The summed E-state index contributed by atoms with van der Waals surface area (Å²) in [5, 5.41) is 0. The zero-order valence-electron chi connectivity index (χ0n) is 17.1. The average molecular weight is 429 g/mol. The van der Waals surface area contributed by atoms with Crippen molar-refractivity contribution in [2.45, 2.75) is 25.9 Å². The van der Waals surface area contributed by atoms with E-state index in [2.05, 4.69) is 26.8 Å². The first-order valence-corrected chi connectivity index (χ1v) is 10.5. The molecule has 0 saturated carbocycles. The summed E-state index contributed by atoms with van der Waals surface area (Å²) >= 11 is 1.44. The van der Waals surface area contributed by atoms with Crippen molar-refractivity contribution in [3.05, 3.63) is 29.8 Å². The van der Waals surface area contributed by atoms with Gasteiger partial charge in [-0.25, -0.2) is 9.97 Å². The number of benzene rings is 1. The lowest BCUT2D eigenvalue weighted by Gasteiger charge is -2.44. The number of methoxy groups -OCH3 is 1. The summed E-state index contributed by atoms with van der Waals surface area (Å²) in [4.78, 5) is 30.7. The number of carbonyl (C=O) groups excluding carboxylic acids is 1. The Balaban J connectivity index is 1.45. The number of nitrogen functional groups attached to an aromatic ring is 1. The maximum atomic E-state index is 12.8. The number of aromatic nitrogens is 3. The highest BCUT2D eigenvalue weighted by Crippen LogP contribution is 2.30. The summed E-state index contributed by atoms with van der Waals surface area (Å²) in [5.74, 6) is 2.18. The van der Waals surface area contributed by atoms with Gasteiger partial charge in [0.1, 0.15) is 17.0 Å². The highest BCUT2D eigenvalue weighted by molar-refractivity contribution is 7.16. The van der Waals surface area contributed by atoms with E-state index in [1.54, 1.807) is 24.8 Å². The Kier molecular flexibility index (Phi) is 5.58. The molecule has 0 radical (unpaired) electrons. The van der Waals surface area contributed by atoms with Crippen molar-refractivity contribution in [3.8, 4) is 11.5 Å². The molecule has 3 heterocycles. The van der Waals surface area contributed by atoms with Crippen LogP contribution in [0.1, 0.15) is 13.8 Å². The molecule has 1 fully saturated rings. The second-order valence-corrected chi connectivity index (χ2v) is 8.11. The summed E-state index contributed by atoms with van der Waals surface area (Å²) in [6, 6.07) is 7.24. The quantitative estimate of drug-likeness (QED) is 0.659. The number of nitrogens with zero attached hydrogens (tertiary/aromatic N) is 5. The highest BCUT2D eigenvalue weighted by atomic mass is 32.1. The molecule has 0 bridgehead atoms. The van der Waals surface area contributed by atoms with Crippen LogP contribution in [-0.4, -0.2) is 64.6 Å². The van der Waals surface area contributed by atoms with E-state index < -0.39 is 0 Å². The maximum Gasteiger partial charge on any atom is 0.260 e. The predicted octanol–water partition coefficient (Wildman–Crippen LogP) is 2.18. The Morgan fingerprint density at radius 3 is 2.83 bits per heavy atom. The summed E-state index contributed by atoms with van der Waals surface area (Å²) in [5.41, 5.74) is 8.39. The average Bonchev–Trinajstić information content (AvgIpc) is 3.21. The largest absolute Gasteiger partial charge is 0.497 e. The van der Waals surface area contributed by atoms with Gasteiger partial charge >= 0.3 is 0 Å². The Morgan fingerprint density at radius 1 is 1.23 bits per heavy atom. The lowest BCUT2D eigenvalue weighted by Crippen LogP contribution is -2.59. The molecule has 1 aliphatic rings. The summed E-state index contributed by atoms with van der Waals surface area (Å²) < 4.78 is 10.9. The highest BCUT2D eigenvalue weighted by Gasteiger charge is 2.34. The van der Waals surface area contributed by atoms with Crippen LogP contribution in [0.5, 0.6) is 11.5 Å². The molecule has 9 nitrogen and oxygen atoms in total. The fourth-order valence-electron chi connectivity index (χ4n) is 3.65. The number of anilines is 2. The molecule has 0 unspecified atom stereocenters. The van der Waals surface area contributed by atoms with Crippen LogP contribution in [-0.2, 0) is 4.79 Å². The van der Waals surface area contributed by atoms with Gasteiger partial charge in [0.2, 0.25) is 5.95 Å². The van der Waals surface area contributed by atoms with Crippen LogP contribution in [0.15, 0.2) is 29.8 Å². The van der Waals surface area contributed by atoms with E-state index in [4.69, 9.17) is 15.2 Å². The fourth-order valence-corrected chi connectivity index (χ4v) is 4.31. The predicted molar refractivity (Wildman–Crippen MR) is 116 cm³/mol. The van der Waals surface area contributed by atoms with Gasteiger partial charge in [0.15, 0.2) is 17.3 Å². The van der Waals surface area contributed by atoms with Crippen molar-refractivity contribution in [2.75, 3.05) is 37.4 Å². The smallest absolute Gasteiger partial charge is 0.260 e. The third-order valence-electron chi connectivity index (χ3n) is 5.18. The van der Waals surface area contributed by atoms with E-state index >= 15 is 0 Å². The van der Waals surface area contributed by atoms with Crippen molar-refractivity contribution in [2.24, 2.45) is 0 Å². The molecular weight excluding hydrogens is 404 g/mol. The molecule has 2 atom stereocenters. The van der Waals surface area contributed by atoms with Crippen molar-refractivity contribution >= 4 is 39.4 Å². The molecule has 1 amide bonds. The maximum absolute atomic E-state index is 12.8. The first kappa shape index (κ1) is 20.1. The number of hydrogen-bond acceptors (Lipinski definition) is 9. The zero-order chi connectivity index (χ0) is 21.3. The van der Waals surface area contributed by atoms with Gasteiger partial charge in [-0.15, -0.1) is 11.3 Å². The van der Waals surface area contributed by atoms with Gasteiger partial charge in [0, 0.05) is 31.2 Å². The van der Waals surface area contributed by atoms with E-state index in [-0.39, 0.29) is 30.5 Å². The van der Waals surface area contributed by atoms with Crippen LogP contribution in [0.2, 0.25) is 0 Å². The number of rotatable bonds is 5. The number of thiazole rings is 1. The van der Waals surface area contributed by atoms with Crippen LogP contribution >= 0.6 is 11.3 Å². The van der Waals surface area contributed by atoms with E-state index in [0.717, 1.165) is 16.2 Å². The van der Waals surface area contributed by atoms with Gasteiger partial charge in [-0.05, 0) is 26.0 Å². The van der Waals surface area contributed by atoms with Crippen LogP contribution in [0.3, 0.4) is 0 Å². The molecule has 158 valence electrons. The zero-order valence-corrected chi connectivity index (χ0v) is 17.9. The molecule has 0 aliphatic carbocycles. The van der Waals surface area contributed by atoms with Crippen molar-refractivity contribution in [1.82, 2.24) is 19.9 Å². The van der Waals surface area contributed by atoms with Crippen molar-refractivity contribution in [1.29, 1.82) is 0 Å². The number of fused-ring (bicyclic) bond motifs is 1.